The van der Waals surface area contributed by atoms with Crippen LogP contribution in [0.1, 0.15) is 31.9 Å². The molecule has 1 aliphatic heterocycles. The predicted molar refractivity (Wildman–Crippen MR) is 142 cm³/mol. The summed E-state index contributed by atoms with van der Waals surface area (Å²) in [6, 6.07) is 14.5. The number of benzene rings is 2. The summed E-state index contributed by atoms with van der Waals surface area (Å²) in [5.74, 6) is 2.57. The molecule has 182 valence electrons. The number of aliphatic hydroxyl groups excluding tert-OH is 1. The molecule has 1 saturated heterocycles. The minimum Gasteiger partial charge on any atom is -0.492 e. The lowest BCUT2D eigenvalue weighted by Gasteiger charge is -2.28. The fourth-order valence-electron chi connectivity index (χ4n) is 3.74. The Morgan fingerprint density at radius 2 is 1.73 bits per heavy atom. The number of aliphatic hydroxyl groups is 1. The molecule has 1 aliphatic rings. The molecular weight excluding hydrogens is 553 g/mol. The maximum absolute atomic E-state index is 10.3. The van der Waals surface area contributed by atoms with Gasteiger partial charge in [-0.25, -0.2) is 0 Å². The van der Waals surface area contributed by atoms with Crippen LogP contribution in [0.3, 0.4) is 0 Å². The number of halogens is 2. The Morgan fingerprint density at radius 1 is 1.06 bits per heavy atom. The van der Waals surface area contributed by atoms with Gasteiger partial charge in [0.15, 0.2) is 0 Å². The van der Waals surface area contributed by atoms with Gasteiger partial charge in [0.05, 0.1) is 23.4 Å². The van der Waals surface area contributed by atoms with Gasteiger partial charge in [-0.15, -0.1) is 11.6 Å². The van der Waals surface area contributed by atoms with Crippen molar-refractivity contribution in [1.82, 2.24) is 4.90 Å². The van der Waals surface area contributed by atoms with Crippen molar-refractivity contribution >= 4 is 34.2 Å². The SMILES string of the molecule is C[C@H](CCl)COc1ccc(C(C)(C)c2ccc(OC[C@@H](O)CN3CCOCC3)cc2)cc1I. The molecule has 0 spiro atoms. The van der Waals surface area contributed by atoms with E-state index in [1.54, 1.807) is 0 Å². The number of ether oxygens (including phenoxy) is 3. The third-order valence-corrected chi connectivity index (χ3v) is 7.40. The summed E-state index contributed by atoms with van der Waals surface area (Å²) in [6.45, 7) is 11.2. The van der Waals surface area contributed by atoms with Crippen LogP contribution >= 0.6 is 34.2 Å². The van der Waals surface area contributed by atoms with Gasteiger partial charge in [-0.1, -0.05) is 39.0 Å². The van der Waals surface area contributed by atoms with Crippen LogP contribution in [-0.4, -0.2) is 68.1 Å². The minimum absolute atomic E-state index is 0.170. The molecule has 0 unspecified atom stereocenters. The van der Waals surface area contributed by atoms with Crippen molar-refractivity contribution in [3.63, 3.8) is 0 Å². The Labute approximate surface area is 216 Å². The molecule has 1 heterocycles. The highest BCUT2D eigenvalue weighted by Crippen LogP contribution is 2.35. The molecular formula is C26H35ClINO4. The fourth-order valence-corrected chi connectivity index (χ4v) is 4.50. The summed E-state index contributed by atoms with van der Waals surface area (Å²) < 4.78 is 18.2. The zero-order valence-electron chi connectivity index (χ0n) is 19.7. The van der Waals surface area contributed by atoms with Crippen molar-refractivity contribution in [3.8, 4) is 11.5 Å². The van der Waals surface area contributed by atoms with Crippen LogP contribution < -0.4 is 9.47 Å². The highest BCUT2D eigenvalue weighted by Gasteiger charge is 2.24. The van der Waals surface area contributed by atoms with Gasteiger partial charge in [-0.05, 0) is 58.0 Å². The minimum atomic E-state index is -0.519. The van der Waals surface area contributed by atoms with Crippen molar-refractivity contribution in [2.75, 3.05) is 51.9 Å². The van der Waals surface area contributed by atoms with Crippen molar-refractivity contribution in [1.29, 1.82) is 0 Å². The Kier molecular flexibility index (Phi) is 10.1. The second-order valence-electron chi connectivity index (χ2n) is 9.24. The highest BCUT2D eigenvalue weighted by molar-refractivity contribution is 14.1. The molecule has 0 bridgehead atoms. The van der Waals surface area contributed by atoms with Crippen molar-refractivity contribution in [2.45, 2.75) is 32.3 Å². The van der Waals surface area contributed by atoms with Gasteiger partial charge in [-0.2, -0.15) is 0 Å². The van der Waals surface area contributed by atoms with Crippen LogP contribution in [-0.2, 0) is 10.2 Å². The van der Waals surface area contributed by atoms with Crippen molar-refractivity contribution in [3.05, 3.63) is 57.2 Å². The van der Waals surface area contributed by atoms with E-state index >= 15 is 0 Å². The van der Waals surface area contributed by atoms with E-state index in [9.17, 15) is 5.11 Å². The van der Waals surface area contributed by atoms with Crippen molar-refractivity contribution in [2.24, 2.45) is 5.92 Å². The molecule has 7 heteroatoms. The van der Waals surface area contributed by atoms with Gasteiger partial charge in [0.25, 0.3) is 0 Å². The lowest BCUT2D eigenvalue weighted by Crippen LogP contribution is -2.42. The van der Waals surface area contributed by atoms with E-state index in [0.29, 0.717) is 24.9 Å². The molecule has 0 amide bonds. The monoisotopic (exact) mass is 587 g/mol. The first-order valence-corrected chi connectivity index (χ1v) is 13.1. The van der Waals surface area contributed by atoms with Gasteiger partial charge in [-0.3, -0.25) is 4.90 Å². The summed E-state index contributed by atoms with van der Waals surface area (Å²) in [5, 5.41) is 10.3. The first-order valence-electron chi connectivity index (χ1n) is 11.5. The van der Waals surface area contributed by atoms with Crippen molar-refractivity contribution < 1.29 is 19.3 Å². The topological polar surface area (TPSA) is 51.2 Å². The highest BCUT2D eigenvalue weighted by atomic mass is 127. The number of hydrogen-bond donors (Lipinski definition) is 1. The first kappa shape index (κ1) is 26.5. The van der Waals surface area contributed by atoms with Gasteiger partial charge >= 0.3 is 0 Å². The first-order chi connectivity index (χ1) is 15.8. The van der Waals surface area contributed by atoms with Crippen LogP contribution in [0.2, 0.25) is 0 Å². The van der Waals surface area contributed by atoms with E-state index < -0.39 is 6.10 Å². The number of rotatable bonds is 11. The molecule has 2 atom stereocenters. The summed E-state index contributed by atoms with van der Waals surface area (Å²) in [6.07, 6.45) is -0.519. The molecule has 2 aromatic carbocycles. The third-order valence-electron chi connectivity index (χ3n) is 6.03. The molecule has 3 rings (SSSR count). The second-order valence-corrected chi connectivity index (χ2v) is 10.7. The van der Waals surface area contributed by atoms with Crippen LogP contribution in [0.5, 0.6) is 11.5 Å². The van der Waals surface area contributed by atoms with Crippen LogP contribution in [0.15, 0.2) is 42.5 Å². The molecule has 1 fully saturated rings. The zero-order valence-corrected chi connectivity index (χ0v) is 22.6. The van der Waals surface area contributed by atoms with Gasteiger partial charge in [0.1, 0.15) is 24.2 Å². The Hall–Kier alpha value is -1.06. The van der Waals surface area contributed by atoms with Crippen LogP contribution in [0.25, 0.3) is 0 Å². The Bertz CT molecular complexity index is 871. The molecule has 2 aromatic rings. The third kappa shape index (κ3) is 7.72. The lowest BCUT2D eigenvalue weighted by atomic mass is 9.78. The largest absolute Gasteiger partial charge is 0.492 e. The Morgan fingerprint density at radius 3 is 2.36 bits per heavy atom. The smallest absolute Gasteiger partial charge is 0.132 e. The number of β-amino-alcohol motifs (C(OH)–C–C–N with tert-alkyl or cyclic N) is 1. The van der Waals surface area contributed by atoms with Gasteiger partial charge in [0.2, 0.25) is 0 Å². The maximum atomic E-state index is 10.3. The molecule has 0 aliphatic carbocycles. The Balaban J connectivity index is 1.57. The van der Waals surface area contributed by atoms with E-state index in [0.717, 1.165) is 41.4 Å². The van der Waals surface area contributed by atoms with E-state index in [4.69, 9.17) is 25.8 Å². The maximum Gasteiger partial charge on any atom is 0.132 e. The number of alkyl halides is 1. The lowest BCUT2D eigenvalue weighted by molar-refractivity contribution is 0.00465. The quantitative estimate of drug-likeness (QED) is 0.298. The van der Waals surface area contributed by atoms with E-state index in [-0.39, 0.29) is 12.0 Å². The van der Waals surface area contributed by atoms with E-state index in [1.165, 1.54) is 11.1 Å². The number of morpholine rings is 1. The van der Waals surface area contributed by atoms with Gasteiger partial charge < -0.3 is 19.3 Å². The summed E-state index contributed by atoms with van der Waals surface area (Å²) in [5.41, 5.74) is 2.25. The average molecular weight is 588 g/mol. The second kappa shape index (κ2) is 12.6. The molecule has 0 saturated carbocycles. The number of nitrogens with zero attached hydrogens (tertiary/aromatic N) is 1. The fraction of sp³-hybridized carbons (Fsp3) is 0.538. The number of hydrogen-bond acceptors (Lipinski definition) is 5. The zero-order chi connectivity index (χ0) is 23.8. The molecule has 1 N–H and O–H groups in total. The van der Waals surface area contributed by atoms with Crippen LogP contribution in [0, 0.1) is 9.49 Å². The normalized spacial score (nSPS) is 16.9. The summed E-state index contributed by atoms with van der Waals surface area (Å²) >= 11 is 8.22. The predicted octanol–water partition coefficient (Wildman–Crippen LogP) is 4.94. The standard InChI is InChI=1S/C26H35ClINO4/c1-19(15-27)17-33-25-9-6-21(14-24(25)28)26(2,3)20-4-7-23(8-5-20)32-18-22(30)16-29-10-12-31-13-11-29/h4-9,14,19,22,30H,10-13,15-18H2,1-3H3/t19-,22+/m1/s1. The molecule has 33 heavy (non-hydrogen) atoms. The van der Waals surface area contributed by atoms with Crippen LogP contribution in [0.4, 0.5) is 0 Å². The van der Waals surface area contributed by atoms with E-state index in [1.807, 2.05) is 18.2 Å². The molecule has 0 radical (unpaired) electrons. The summed E-state index contributed by atoms with van der Waals surface area (Å²) in [4.78, 5) is 2.21. The summed E-state index contributed by atoms with van der Waals surface area (Å²) in [7, 11) is 0. The molecule has 5 nitrogen and oxygen atoms in total. The molecule has 0 aromatic heterocycles. The van der Waals surface area contributed by atoms with Gasteiger partial charge in [0, 0.05) is 36.8 Å². The average Bonchev–Trinajstić information content (AvgIpc) is 2.82. The van der Waals surface area contributed by atoms with E-state index in [2.05, 4.69) is 72.5 Å².